The maximum atomic E-state index is 10.8. The number of nitrogens with zero attached hydrogens (tertiary/aromatic N) is 7. The highest BCUT2D eigenvalue weighted by Crippen LogP contribution is 2.33. The second-order valence-corrected chi connectivity index (χ2v) is 6.16. The molecule has 0 spiro atoms. The molecule has 0 radical (unpaired) electrons. The fraction of sp³-hybridized carbons (Fsp3) is 0.333. The van der Waals surface area contributed by atoms with Gasteiger partial charge in [-0.05, 0) is 40.8 Å². The van der Waals surface area contributed by atoms with Gasteiger partial charge in [-0.25, -0.2) is 0 Å². The maximum Gasteiger partial charge on any atom is 0.414 e. The van der Waals surface area contributed by atoms with E-state index >= 15 is 0 Å². The number of imidazole rings is 1. The number of aryl methyl sites for hydroxylation is 1. The average molecular weight is 341 g/mol. The molecule has 25 heavy (non-hydrogen) atoms. The first-order chi connectivity index (χ1) is 12.0. The zero-order valence-electron chi connectivity index (χ0n) is 13.4. The molecule has 10 heteroatoms. The average Bonchev–Trinajstić information content (AvgIpc) is 3.27. The molecule has 1 aromatic carbocycles. The van der Waals surface area contributed by atoms with Gasteiger partial charge in [0.2, 0.25) is 0 Å². The lowest BCUT2D eigenvalue weighted by Gasteiger charge is -2.21. The molecule has 0 amide bonds. The van der Waals surface area contributed by atoms with Gasteiger partial charge < -0.3 is 14.9 Å². The van der Waals surface area contributed by atoms with E-state index in [1.54, 1.807) is 9.25 Å². The Kier molecular flexibility index (Phi) is 3.45. The quantitative estimate of drug-likeness (QED) is 0.511. The third kappa shape index (κ3) is 2.82. The van der Waals surface area contributed by atoms with Crippen LogP contribution in [-0.4, -0.2) is 40.3 Å². The molecule has 2 aromatic heterocycles. The highest BCUT2D eigenvalue weighted by atomic mass is 16.6. The van der Waals surface area contributed by atoms with Crippen LogP contribution in [0, 0.1) is 10.1 Å². The van der Waals surface area contributed by atoms with Crippen LogP contribution in [0.5, 0.6) is 6.01 Å². The first kappa shape index (κ1) is 15.2. The summed E-state index contributed by atoms with van der Waals surface area (Å²) in [6.07, 6.45) is 2.65. The van der Waals surface area contributed by atoms with E-state index in [-0.39, 0.29) is 11.8 Å². The molecule has 1 aliphatic rings. The Labute approximate surface area is 142 Å². The van der Waals surface area contributed by atoms with Crippen molar-refractivity contribution in [3.63, 3.8) is 0 Å². The van der Waals surface area contributed by atoms with E-state index in [0.717, 1.165) is 11.5 Å². The Bertz CT molecular complexity index is 895. The molecular weight excluding hydrogens is 326 g/mol. The van der Waals surface area contributed by atoms with Crippen LogP contribution in [0.2, 0.25) is 0 Å². The van der Waals surface area contributed by atoms with Crippen molar-refractivity contribution in [1.29, 1.82) is 0 Å². The second kappa shape index (κ2) is 5.65. The molecule has 1 aliphatic heterocycles. The van der Waals surface area contributed by atoms with Crippen molar-refractivity contribution in [2.75, 3.05) is 0 Å². The topological polar surface area (TPSA) is 114 Å². The van der Waals surface area contributed by atoms with Gasteiger partial charge in [-0.1, -0.05) is 18.2 Å². The van der Waals surface area contributed by atoms with Gasteiger partial charge >= 0.3 is 11.8 Å². The molecule has 0 aliphatic carbocycles. The van der Waals surface area contributed by atoms with Crippen LogP contribution >= 0.6 is 0 Å². The number of fused-ring (bicyclic) bond motifs is 1. The predicted molar refractivity (Wildman–Crippen MR) is 85.4 cm³/mol. The molecule has 0 bridgehead atoms. The fourth-order valence-corrected chi connectivity index (χ4v) is 2.92. The smallest absolute Gasteiger partial charge is 0.414 e. The number of para-hydroxylation sites is 1. The van der Waals surface area contributed by atoms with E-state index in [4.69, 9.17) is 4.74 Å². The summed E-state index contributed by atoms with van der Waals surface area (Å²) in [7, 11) is 0. The molecule has 3 aromatic rings. The van der Waals surface area contributed by atoms with E-state index in [9.17, 15) is 10.1 Å². The summed E-state index contributed by atoms with van der Waals surface area (Å²) >= 11 is 0. The summed E-state index contributed by atoms with van der Waals surface area (Å²) in [5.41, 5.74) is 0.383. The summed E-state index contributed by atoms with van der Waals surface area (Å²) in [5.74, 6) is 0.525. The number of rotatable bonds is 5. The van der Waals surface area contributed by atoms with Crippen molar-refractivity contribution in [1.82, 2.24) is 29.8 Å². The van der Waals surface area contributed by atoms with Crippen molar-refractivity contribution in [2.24, 2.45) is 0 Å². The summed E-state index contributed by atoms with van der Waals surface area (Å²) in [6, 6.07) is 9.92. The Morgan fingerprint density at radius 2 is 2.16 bits per heavy atom. The van der Waals surface area contributed by atoms with Crippen molar-refractivity contribution in [3.8, 4) is 11.7 Å². The molecule has 4 rings (SSSR count). The molecule has 1 atom stereocenters. The van der Waals surface area contributed by atoms with Crippen LogP contribution in [0.4, 0.5) is 5.82 Å². The second-order valence-electron chi connectivity index (χ2n) is 6.16. The lowest BCUT2D eigenvalue weighted by atomic mass is 10.00. The highest BCUT2D eigenvalue weighted by Gasteiger charge is 2.40. The number of hydrogen-bond acceptors (Lipinski definition) is 7. The van der Waals surface area contributed by atoms with Crippen LogP contribution in [0.15, 0.2) is 36.5 Å². The lowest BCUT2D eigenvalue weighted by Crippen LogP contribution is -2.32. The molecule has 0 N–H and O–H groups in total. The number of ether oxygens (including phenoxy) is 1. The summed E-state index contributed by atoms with van der Waals surface area (Å²) in [5, 5.41) is 22.7. The SMILES string of the molecule is CC1(CCc2nnnn2-c2ccccc2)Cn2cc([N+](=O)[O-])nc2O1. The largest absolute Gasteiger partial charge is 0.438 e. The molecule has 0 fully saturated rings. The minimum absolute atomic E-state index is 0.204. The number of tetrazole rings is 1. The standard InChI is InChI=1S/C15H15N7O3/c1-15(10-20-9-13(22(23)24)16-14(20)25-15)8-7-12-17-18-19-21(12)11-5-3-2-4-6-11/h2-6,9H,7-8,10H2,1H3. The van der Waals surface area contributed by atoms with Crippen LogP contribution in [0.3, 0.4) is 0 Å². The van der Waals surface area contributed by atoms with Crippen molar-refractivity contribution < 1.29 is 9.66 Å². The molecule has 128 valence electrons. The number of nitro groups is 1. The third-order valence-corrected chi connectivity index (χ3v) is 4.17. The van der Waals surface area contributed by atoms with Gasteiger partial charge in [0, 0.05) is 11.4 Å². The van der Waals surface area contributed by atoms with E-state index in [0.29, 0.717) is 19.4 Å². The molecule has 1 unspecified atom stereocenters. The van der Waals surface area contributed by atoms with Gasteiger partial charge in [0.1, 0.15) is 11.8 Å². The molecule has 10 nitrogen and oxygen atoms in total. The monoisotopic (exact) mass is 341 g/mol. The third-order valence-electron chi connectivity index (χ3n) is 4.17. The fourth-order valence-electron chi connectivity index (χ4n) is 2.92. The minimum atomic E-state index is -0.528. The number of hydrogen-bond donors (Lipinski definition) is 0. The van der Waals surface area contributed by atoms with Crippen LogP contribution in [0.25, 0.3) is 5.69 Å². The zero-order chi connectivity index (χ0) is 17.4. The molecular formula is C15H15N7O3. The molecule has 0 saturated heterocycles. The van der Waals surface area contributed by atoms with Crippen LogP contribution < -0.4 is 4.74 Å². The van der Waals surface area contributed by atoms with Crippen LogP contribution in [0.1, 0.15) is 19.2 Å². The predicted octanol–water partition coefficient (Wildman–Crippen LogP) is 1.55. The Morgan fingerprint density at radius 3 is 2.88 bits per heavy atom. The Morgan fingerprint density at radius 1 is 1.36 bits per heavy atom. The Hall–Kier alpha value is -3.30. The van der Waals surface area contributed by atoms with Crippen LogP contribution in [-0.2, 0) is 13.0 Å². The van der Waals surface area contributed by atoms with E-state index in [1.165, 1.54) is 6.20 Å². The van der Waals surface area contributed by atoms with E-state index in [2.05, 4.69) is 20.5 Å². The van der Waals surface area contributed by atoms with E-state index < -0.39 is 10.5 Å². The Balaban J connectivity index is 1.47. The van der Waals surface area contributed by atoms with E-state index in [1.807, 2.05) is 37.3 Å². The summed E-state index contributed by atoms with van der Waals surface area (Å²) in [6.45, 7) is 2.44. The van der Waals surface area contributed by atoms with Gasteiger partial charge in [0.25, 0.3) is 0 Å². The minimum Gasteiger partial charge on any atom is -0.438 e. The number of benzene rings is 1. The number of aromatic nitrogens is 6. The van der Waals surface area contributed by atoms with Gasteiger partial charge in [0.15, 0.2) is 5.82 Å². The van der Waals surface area contributed by atoms with Crippen molar-refractivity contribution in [3.05, 3.63) is 52.5 Å². The van der Waals surface area contributed by atoms with Gasteiger partial charge in [-0.15, -0.1) is 5.10 Å². The van der Waals surface area contributed by atoms with Gasteiger partial charge in [-0.2, -0.15) is 4.68 Å². The lowest BCUT2D eigenvalue weighted by molar-refractivity contribution is -0.389. The first-order valence-corrected chi connectivity index (χ1v) is 7.77. The van der Waals surface area contributed by atoms with Crippen molar-refractivity contribution >= 4 is 5.82 Å². The molecule has 0 saturated carbocycles. The normalized spacial score (nSPS) is 18.8. The van der Waals surface area contributed by atoms with Gasteiger partial charge in [0.05, 0.1) is 12.2 Å². The maximum absolute atomic E-state index is 10.8. The van der Waals surface area contributed by atoms with Gasteiger partial charge in [-0.3, -0.25) is 4.57 Å². The summed E-state index contributed by atoms with van der Waals surface area (Å²) in [4.78, 5) is 14.1. The zero-order valence-corrected chi connectivity index (χ0v) is 13.4. The first-order valence-electron chi connectivity index (χ1n) is 7.77. The summed E-state index contributed by atoms with van der Waals surface area (Å²) < 4.78 is 9.20. The van der Waals surface area contributed by atoms with Crippen molar-refractivity contribution in [2.45, 2.75) is 31.9 Å². The molecule has 3 heterocycles. The highest BCUT2D eigenvalue weighted by molar-refractivity contribution is 5.30.